The van der Waals surface area contributed by atoms with Crippen LogP contribution < -0.4 is 15.8 Å². The van der Waals surface area contributed by atoms with Crippen LogP contribution in [0.25, 0.3) is 0 Å². The molecule has 0 spiro atoms. The molecule has 0 atom stereocenters. The normalized spacial score (nSPS) is 17.0. The topological polar surface area (TPSA) is 56.5 Å². The van der Waals surface area contributed by atoms with Gasteiger partial charge in [0.05, 0.1) is 19.8 Å². The second kappa shape index (κ2) is 6.32. The summed E-state index contributed by atoms with van der Waals surface area (Å²) in [6, 6.07) is 5.04. The summed E-state index contributed by atoms with van der Waals surface area (Å²) in [4.78, 5) is 0. The van der Waals surface area contributed by atoms with Crippen molar-refractivity contribution in [2.45, 2.75) is 13.5 Å². The number of nitrogens with two attached hydrogens (primary N) is 1. The fourth-order valence-corrected chi connectivity index (χ4v) is 2.08. The summed E-state index contributed by atoms with van der Waals surface area (Å²) < 4.78 is 24.0. The Balaban J connectivity index is 1.84. The summed E-state index contributed by atoms with van der Waals surface area (Å²) in [5.41, 5.74) is 6.68. The molecule has 1 fully saturated rings. The molecule has 1 aromatic carbocycles. The van der Waals surface area contributed by atoms with Gasteiger partial charge in [-0.05, 0) is 24.6 Å². The van der Waals surface area contributed by atoms with Gasteiger partial charge in [0, 0.05) is 25.0 Å². The van der Waals surface area contributed by atoms with E-state index in [4.69, 9.17) is 15.2 Å². The molecule has 0 aromatic heterocycles. The Kier molecular flexibility index (Phi) is 4.74. The van der Waals surface area contributed by atoms with Crippen molar-refractivity contribution in [1.29, 1.82) is 0 Å². The molecule has 0 saturated carbocycles. The third-order valence-electron chi connectivity index (χ3n) is 3.37. The Hall–Kier alpha value is -1.17. The lowest BCUT2D eigenvalue weighted by atomic mass is 9.86. The summed E-state index contributed by atoms with van der Waals surface area (Å²) >= 11 is 0. The van der Waals surface area contributed by atoms with E-state index in [1.165, 1.54) is 6.07 Å². The second-order valence-corrected chi connectivity index (χ2v) is 5.00. The van der Waals surface area contributed by atoms with Gasteiger partial charge in [0.15, 0.2) is 11.6 Å². The third kappa shape index (κ3) is 3.43. The number of ether oxygens (including phenoxy) is 2. The molecule has 1 aromatic rings. The van der Waals surface area contributed by atoms with E-state index in [9.17, 15) is 4.39 Å². The first-order valence-corrected chi connectivity index (χ1v) is 6.59. The van der Waals surface area contributed by atoms with Crippen molar-refractivity contribution in [2.75, 3.05) is 32.9 Å². The molecule has 0 radical (unpaired) electrons. The number of benzene rings is 1. The van der Waals surface area contributed by atoms with Crippen molar-refractivity contribution in [3.05, 3.63) is 29.6 Å². The molecule has 3 N–H and O–H groups in total. The van der Waals surface area contributed by atoms with Crippen molar-refractivity contribution in [1.82, 2.24) is 5.32 Å². The van der Waals surface area contributed by atoms with Gasteiger partial charge in [0.2, 0.25) is 0 Å². The Morgan fingerprint density at radius 1 is 1.47 bits per heavy atom. The van der Waals surface area contributed by atoms with Crippen LogP contribution >= 0.6 is 0 Å². The van der Waals surface area contributed by atoms with E-state index >= 15 is 0 Å². The summed E-state index contributed by atoms with van der Waals surface area (Å²) in [5.74, 6) is -0.0151. The Morgan fingerprint density at radius 3 is 2.79 bits per heavy atom. The molecular weight excluding hydrogens is 247 g/mol. The van der Waals surface area contributed by atoms with Crippen LogP contribution in [0.5, 0.6) is 5.75 Å². The molecule has 0 unspecified atom stereocenters. The zero-order chi connectivity index (χ0) is 13.7. The minimum absolute atomic E-state index is 0.0593. The predicted molar refractivity (Wildman–Crippen MR) is 71.6 cm³/mol. The lowest BCUT2D eigenvalue weighted by Gasteiger charge is -2.40. The number of hydrogen-bond acceptors (Lipinski definition) is 4. The molecule has 4 nitrogen and oxygen atoms in total. The molecule has 1 aliphatic heterocycles. The highest BCUT2D eigenvalue weighted by atomic mass is 19.1. The zero-order valence-corrected chi connectivity index (χ0v) is 11.2. The van der Waals surface area contributed by atoms with Gasteiger partial charge < -0.3 is 20.5 Å². The van der Waals surface area contributed by atoms with Gasteiger partial charge in [-0.2, -0.15) is 0 Å². The number of rotatable bonds is 7. The van der Waals surface area contributed by atoms with Gasteiger partial charge in [0.1, 0.15) is 0 Å². The SMILES string of the molecule is CCOc1ccc(CNCC2(CN)COC2)cc1F. The Labute approximate surface area is 113 Å². The van der Waals surface area contributed by atoms with Crippen molar-refractivity contribution in [2.24, 2.45) is 11.1 Å². The van der Waals surface area contributed by atoms with Crippen LogP contribution in [-0.4, -0.2) is 32.9 Å². The maximum absolute atomic E-state index is 13.6. The standard InChI is InChI=1S/C14H21FN2O2/c1-2-19-13-4-3-11(5-12(13)15)6-17-8-14(7-16)9-18-10-14/h3-5,17H,2,6-10,16H2,1H3. The summed E-state index contributed by atoms with van der Waals surface area (Å²) in [6.45, 7) is 5.72. The van der Waals surface area contributed by atoms with Gasteiger partial charge in [0.25, 0.3) is 0 Å². The van der Waals surface area contributed by atoms with Gasteiger partial charge in [-0.1, -0.05) is 6.07 Å². The lowest BCUT2D eigenvalue weighted by molar-refractivity contribution is -0.105. The molecule has 2 rings (SSSR count). The van der Waals surface area contributed by atoms with E-state index in [1.54, 1.807) is 6.07 Å². The number of nitrogens with one attached hydrogen (secondary N) is 1. The highest BCUT2D eigenvalue weighted by Crippen LogP contribution is 2.25. The van der Waals surface area contributed by atoms with Crippen LogP contribution in [0.4, 0.5) is 4.39 Å². The van der Waals surface area contributed by atoms with E-state index in [-0.39, 0.29) is 11.2 Å². The fourth-order valence-electron chi connectivity index (χ4n) is 2.08. The first kappa shape index (κ1) is 14.2. The minimum atomic E-state index is -0.318. The smallest absolute Gasteiger partial charge is 0.165 e. The van der Waals surface area contributed by atoms with E-state index in [2.05, 4.69) is 5.32 Å². The Morgan fingerprint density at radius 2 is 2.26 bits per heavy atom. The average molecular weight is 268 g/mol. The summed E-state index contributed by atoms with van der Waals surface area (Å²) in [7, 11) is 0. The third-order valence-corrected chi connectivity index (χ3v) is 3.37. The minimum Gasteiger partial charge on any atom is -0.491 e. The molecule has 1 heterocycles. The second-order valence-electron chi connectivity index (χ2n) is 5.00. The molecule has 19 heavy (non-hydrogen) atoms. The van der Waals surface area contributed by atoms with E-state index in [0.29, 0.717) is 38.7 Å². The maximum atomic E-state index is 13.6. The highest BCUT2D eigenvalue weighted by molar-refractivity contribution is 5.29. The zero-order valence-electron chi connectivity index (χ0n) is 11.2. The molecule has 5 heteroatoms. The van der Waals surface area contributed by atoms with Crippen molar-refractivity contribution < 1.29 is 13.9 Å². The number of hydrogen-bond donors (Lipinski definition) is 2. The molecule has 0 amide bonds. The van der Waals surface area contributed by atoms with Crippen molar-refractivity contribution in [3.8, 4) is 5.75 Å². The van der Waals surface area contributed by atoms with Crippen LogP contribution in [0.2, 0.25) is 0 Å². The summed E-state index contributed by atoms with van der Waals surface area (Å²) in [5, 5.41) is 3.31. The van der Waals surface area contributed by atoms with Gasteiger partial charge in [-0.25, -0.2) is 4.39 Å². The van der Waals surface area contributed by atoms with Crippen molar-refractivity contribution >= 4 is 0 Å². The van der Waals surface area contributed by atoms with Crippen molar-refractivity contribution in [3.63, 3.8) is 0 Å². The van der Waals surface area contributed by atoms with E-state index in [1.807, 2.05) is 13.0 Å². The molecular formula is C14H21FN2O2. The molecule has 1 aliphatic rings. The number of halogens is 1. The van der Waals surface area contributed by atoms with Gasteiger partial charge >= 0.3 is 0 Å². The van der Waals surface area contributed by atoms with Gasteiger partial charge in [-0.3, -0.25) is 0 Å². The van der Waals surface area contributed by atoms with Crippen LogP contribution in [0, 0.1) is 11.2 Å². The average Bonchev–Trinajstić information content (AvgIpc) is 2.36. The lowest BCUT2D eigenvalue weighted by Crippen LogP contribution is -2.54. The van der Waals surface area contributed by atoms with Gasteiger partial charge in [-0.15, -0.1) is 0 Å². The van der Waals surface area contributed by atoms with E-state index < -0.39 is 0 Å². The monoisotopic (exact) mass is 268 g/mol. The Bertz CT molecular complexity index is 416. The molecule has 106 valence electrons. The van der Waals surface area contributed by atoms with Crippen LogP contribution in [0.1, 0.15) is 12.5 Å². The predicted octanol–water partition coefficient (Wildman–Crippen LogP) is 1.29. The molecule has 1 saturated heterocycles. The molecule has 0 aliphatic carbocycles. The maximum Gasteiger partial charge on any atom is 0.165 e. The highest BCUT2D eigenvalue weighted by Gasteiger charge is 2.36. The summed E-state index contributed by atoms with van der Waals surface area (Å²) in [6.07, 6.45) is 0. The van der Waals surface area contributed by atoms with E-state index in [0.717, 1.165) is 12.1 Å². The largest absolute Gasteiger partial charge is 0.491 e. The van der Waals surface area contributed by atoms with Crippen LogP contribution in [0.15, 0.2) is 18.2 Å². The molecule has 0 bridgehead atoms. The quantitative estimate of drug-likeness (QED) is 0.782. The van der Waals surface area contributed by atoms with Crippen LogP contribution in [-0.2, 0) is 11.3 Å². The fraction of sp³-hybridized carbons (Fsp3) is 0.571. The first-order valence-electron chi connectivity index (χ1n) is 6.59. The first-order chi connectivity index (χ1) is 9.19. The van der Waals surface area contributed by atoms with Crippen LogP contribution in [0.3, 0.4) is 0 Å².